The summed E-state index contributed by atoms with van der Waals surface area (Å²) in [5.41, 5.74) is 9.35. The summed E-state index contributed by atoms with van der Waals surface area (Å²) in [6, 6.07) is 22.7. The Labute approximate surface area is 188 Å². The van der Waals surface area contributed by atoms with Gasteiger partial charge in [0.25, 0.3) is 0 Å². The third kappa shape index (κ3) is 4.22. The van der Waals surface area contributed by atoms with Crippen LogP contribution in [0.25, 0.3) is 27.8 Å². The SMILES string of the molecule is Nc1cc(-n2ccc3ccc(-c4cccc(NC(=O)Nc5ccccc5F)c4)cc32)ncn1. The molecule has 2 amide bonds. The number of nitrogen functional groups attached to an aromatic ring is 1. The van der Waals surface area contributed by atoms with Crippen molar-refractivity contribution in [3.05, 3.63) is 97.2 Å². The van der Waals surface area contributed by atoms with Crippen LogP contribution < -0.4 is 16.4 Å². The van der Waals surface area contributed by atoms with Gasteiger partial charge in [-0.25, -0.2) is 19.2 Å². The highest BCUT2D eigenvalue weighted by atomic mass is 19.1. The lowest BCUT2D eigenvalue weighted by atomic mass is 10.0. The van der Waals surface area contributed by atoms with Crippen molar-refractivity contribution in [2.75, 3.05) is 16.4 Å². The van der Waals surface area contributed by atoms with Crippen LogP contribution in [-0.4, -0.2) is 20.6 Å². The molecule has 0 saturated carbocycles. The lowest BCUT2D eigenvalue weighted by Gasteiger charge is -2.10. The number of nitrogens with two attached hydrogens (primary N) is 1. The number of fused-ring (bicyclic) bond motifs is 1. The number of carbonyl (C=O) groups excluding carboxylic acids is 1. The van der Waals surface area contributed by atoms with E-state index in [1.807, 2.05) is 53.2 Å². The maximum atomic E-state index is 13.8. The van der Waals surface area contributed by atoms with Gasteiger partial charge in [0.2, 0.25) is 0 Å². The van der Waals surface area contributed by atoms with Crippen LogP contribution in [0.3, 0.4) is 0 Å². The van der Waals surface area contributed by atoms with Gasteiger partial charge in [-0.2, -0.15) is 0 Å². The highest BCUT2D eigenvalue weighted by molar-refractivity contribution is 6.00. The Hall–Kier alpha value is -4.72. The second-order valence-corrected chi connectivity index (χ2v) is 7.40. The van der Waals surface area contributed by atoms with E-state index in [0.29, 0.717) is 17.3 Å². The Bertz CT molecular complexity index is 1480. The third-order valence-electron chi connectivity index (χ3n) is 5.19. The molecule has 0 aliphatic heterocycles. The number of hydrogen-bond donors (Lipinski definition) is 3. The van der Waals surface area contributed by atoms with Crippen molar-refractivity contribution in [3.8, 4) is 16.9 Å². The lowest BCUT2D eigenvalue weighted by Crippen LogP contribution is -2.20. The average molecular weight is 438 g/mol. The summed E-state index contributed by atoms with van der Waals surface area (Å²) in [5.74, 6) is 0.573. The molecule has 33 heavy (non-hydrogen) atoms. The maximum Gasteiger partial charge on any atom is 0.323 e. The molecule has 0 aliphatic carbocycles. The van der Waals surface area contributed by atoms with Crippen LogP contribution in [-0.2, 0) is 0 Å². The minimum atomic E-state index is -0.525. The van der Waals surface area contributed by atoms with Gasteiger partial charge in [-0.1, -0.05) is 36.4 Å². The van der Waals surface area contributed by atoms with Crippen molar-refractivity contribution in [2.45, 2.75) is 0 Å². The first-order chi connectivity index (χ1) is 16.1. The molecule has 0 spiro atoms. The van der Waals surface area contributed by atoms with Gasteiger partial charge in [-0.3, -0.25) is 0 Å². The monoisotopic (exact) mass is 438 g/mol. The number of urea groups is 1. The fourth-order valence-electron chi connectivity index (χ4n) is 3.62. The van der Waals surface area contributed by atoms with Crippen LogP contribution >= 0.6 is 0 Å². The Kier molecular flexibility index (Phi) is 5.16. The number of nitrogens with zero attached hydrogens (tertiary/aromatic N) is 3. The first-order valence-electron chi connectivity index (χ1n) is 10.2. The van der Waals surface area contributed by atoms with Gasteiger partial charge in [0, 0.05) is 23.3 Å². The van der Waals surface area contributed by atoms with E-state index in [1.54, 1.807) is 24.3 Å². The molecule has 8 heteroatoms. The van der Waals surface area contributed by atoms with Gasteiger partial charge >= 0.3 is 6.03 Å². The van der Waals surface area contributed by atoms with E-state index in [1.165, 1.54) is 18.5 Å². The Morgan fingerprint density at radius 3 is 2.58 bits per heavy atom. The number of benzene rings is 3. The highest BCUT2D eigenvalue weighted by Gasteiger charge is 2.10. The van der Waals surface area contributed by atoms with Crippen molar-refractivity contribution in [2.24, 2.45) is 0 Å². The Morgan fingerprint density at radius 2 is 1.73 bits per heavy atom. The molecule has 3 aromatic carbocycles. The lowest BCUT2D eigenvalue weighted by molar-refractivity contribution is 0.262. The number of aromatic nitrogens is 3. The van der Waals surface area contributed by atoms with Crippen LogP contribution in [0.4, 0.5) is 26.4 Å². The summed E-state index contributed by atoms with van der Waals surface area (Å²) < 4.78 is 15.7. The van der Waals surface area contributed by atoms with Gasteiger partial charge in [0.05, 0.1) is 11.2 Å². The number of para-hydroxylation sites is 1. The number of rotatable bonds is 4. The molecular formula is C25H19FN6O. The van der Waals surface area contributed by atoms with Gasteiger partial charge in [-0.15, -0.1) is 0 Å². The van der Waals surface area contributed by atoms with Gasteiger partial charge in [0.15, 0.2) is 0 Å². The zero-order valence-electron chi connectivity index (χ0n) is 17.4. The molecule has 7 nitrogen and oxygen atoms in total. The molecule has 2 heterocycles. The number of anilines is 3. The van der Waals surface area contributed by atoms with E-state index in [2.05, 4.69) is 20.6 Å². The smallest absolute Gasteiger partial charge is 0.323 e. The van der Waals surface area contributed by atoms with E-state index in [0.717, 1.165) is 22.0 Å². The van der Waals surface area contributed by atoms with Crippen LogP contribution in [0.5, 0.6) is 0 Å². The molecule has 5 aromatic rings. The zero-order valence-corrected chi connectivity index (χ0v) is 17.4. The Morgan fingerprint density at radius 1 is 0.879 bits per heavy atom. The summed E-state index contributed by atoms with van der Waals surface area (Å²) in [5, 5.41) is 6.32. The maximum absolute atomic E-state index is 13.8. The summed E-state index contributed by atoms with van der Waals surface area (Å²) in [6.45, 7) is 0. The molecule has 4 N–H and O–H groups in total. The average Bonchev–Trinajstić information content (AvgIpc) is 3.24. The minimum Gasteiger partial charge on any atom is -0.384 e. The molecule has 0 bridgehead atoms. The molecule has 0 aliphatic rings. The second kappa shape index (κ2) is 8.43. The normalized spacial score (nSPS) is 10.8. The predicted octanol–water partition coefficient (Wildman–Crippen LogP) is 5.45. The molecule has 5 rings (SSSR count). The van der Waals surface area contributed by atoms with Gasteiger partial charge < -0.3 is 20.9 Å². The van der Waals surface area contributed by atoms with Crippen molar-refractivity contribution in [1.82, 2.24) is 14.5 Å². The summed E-state index contributed by atoms with van der Waals surface area (Å²) in [6.07, 6.45) is 3.36. The zero-order chi connectivity index (χ0) is 22.8. The number of carbonyl (C=O) groups is 1. The molecule has 0 unspecified atom stereocenters. The van der Waals surface area contributed by atoms with Crippen molar-refractivity contribution in [1.29, 1.82) is 0 Å². The second-order valence-electron chi connectivity index (χ2n) is 7.40. The van der Waals surface area contributed by atoms with Crippen LogP contribution in [0.2, 0.25) is 0 Å². The topological polar surface area (TPSA) is 97.9 Å². The van der Waals surface area contributed by atoms with E-state index < -0.39 is 11.8 Å². The van der Waals surface area contributed by atoms with Crippen molar-refractivity contribution >= 4 is 34.1 Å². The third-order valence-corrected chi connectivity index (χ3v) is 5.19. The molecule has 162 valence electrons. The van der Waals surface area contributed by atoms with Gasteiger partial charge in [0.1, 0.15) is 23.8 Å². The van der Waals surface area contributed by atoms with Crippen molar-refractivity contribution < 1.29 is 9.18 Å². The molecule has 0 saturated heterocycles. The quantitative estimate of drug-likeness (QED) is 0.347. The van der Waals surface area contributed by atoms with Crippen molar-refractivity contribution in [3.63, 3.8) is 0 Å². The number of nitrogens with one attached hydrogen (secondary N) is 2. The Balaban J connectivity index is 1.42. The minimum absolute atomic E-state index is 0.114. The number of amides is 2. The first kappa shape index (κ1) is 20.2. The summed E-state index contributed by atoms with van der Waals surface area (Å²) in [4.78, 5) is 20.6. The van der Waals surface area contributed by atoms with Gasteiger partial charge in [-0.05, 0) is 47.5 Å². The predicted molar refractivity (Wildman–Crippen MR) is 128 cm³/mol. The molecule has 0 fully saturated rings. The fraction of sp³-hybridized carbons (Fsp3) is 0. The largest absolute Gasteiger partial charge is 0.384 e. The number of hydrogen-bond acceptors (Lipinski definition) is 4. The molecular weight excluding hydrogens is 419 g/mol. The summed E-state index contributed by atoms with van der Waals surface area (Å²) in [7, 11) is 0. The van der Waals surface area contributed by atoms with Crippen LogP contribution in [0.15, 0.2) is 91.4 Å². The molecule has 2 aromatic heterocycles. The van der Waals surface area contributed by atoms with E-state index >= 15 is 0 Å². The van der Waals surface area contributed by atoms with Crippen LogP contribution in [0, 0.1) is 5.82 Å². The van der Waals surface area contributed by atoms with Crippen LogP contribution in [0.1, 0.15) is 0 Å². The molecule has 0 atom stereocenters. The highest BCUT2D eigenvalue weighted by Crippen LogP contribution is 2.28. The summed E-state index contributed by atoms with van der Waals surface area (Å²) >= 11 is 0. The first-order valence-corrected chi connectivity index (χ1v) is 10.2. The fourth-order valence-corrected chi connectivity index (χ4v) is 3.62. The standard InChI is InChI=1S/C25H19FN6O/c26-20-6-1-2-7-21(20)31-25(33)30-19-5-3-4-17(12-19)18-9-8-16-10-11-32(22(16)13-18)24-14-23(27)28-15-29-24/h1-15H,(H2,27,28,29)(H2,30,31,33). The van der Waals surface area contributed by atoms with E-state index in [4.69, 9.17) is 5.73 Å². The van der Waals surface area contributed by atoms with E-state index in [-0.39, 0.29) is 5.69 Å². The number of halogens is 1. The van der Waals surface area contributed by atoms with E-state index in [9.17, 15) is 9.18 Å². The molecule has 0 radical (unpaired) electrons.